The van der Waals surface area contributed by atoms with Gasteiger partial charge in [0.2, 0.25) is 0 Å². The van der Waals surface area contributed by atoms with E-state index in [2.05, 4.69) is 6.92 Å². The molecule has 0 fully saturated rings. The molecule has 0 saturated heterocycles. The lowest BCUT2D eigenvalue weighted by Gasteiger charge is -2.18. The maximum Gasteiger partial charge on any atom is 0.325 e. The van der Waals surface area contributed by atoms with Gasteiger partial charge in [0.25, 0.3) is 0 Å². The first-order valence-electron chi connectivity index (χ1n) is 5.06. The zero-order valence-corrected chi connectivity index (χ0v) is 10.7. The Morgan fingerprint density at radius 1 is 1.29 bits per heavy atom. The molecule has 0 bridgehead atoms. The van der Waals surface area contributed by atoms with Gasteiger partial charge in [-0.3, -0.25) is 4.90 Å². The second-order valence-electron chi connectivity index (χ2n) is 3.72. The number of nitrogens with zero attached hydrogens (tertiary/aromatic N) is 1. The minimum atomic E-state index is -3.70. The minimum Gasteiger partial charge on any atom is -0.389 e. The first-order valence-corrected chi connectivity index (χ1v) is 6.54. The highest BCUT2D eigenvalue weighted by molar-refractivity contribution is 7.87. The molecule has 0 aliphatic carbocycles. The molecule has 1 aromatic rings. The number of hydrogen-bond donors (Lipinski definition) is 0. The zero-order valence-electron chi connectivity index (χ0n) is 9.91. The molecule has 1 unspecified atom stereocenters. The predicted octanol–water partition coefficient (Wildman–Crippen LogP) is 1.73. The third kappa shape index (κ3) is 4.20. The normalized spacial score (nSPS) is 14.1. The molecule has 0 N–H and O–H groups in total. The lowest BCUT2D eigenvalue weighted by atomic mass is 10.2. The molecular formula is C12H16NO3S. The Hall–Kier alpha value is -1.33. The highest BCUT2D eigenvalue weighted by atomic mass is 32.2. The van der Waals surface area contributed by atoms with Crippen LogP contribution < -0.4 is 0 Å². The van der Waals surface area contributed by atoms with Crippen molar-refractivity contribution >= 4 is 16.2 Å². The van der Waals surface area contributed by atoms with Crippen molar-refractivity contribution in [1.82, 2.24) is 4.90 Å². The Balaban J connectivity index is 2.65. The maximum absolute atomic E-state index is 11.6. The molecule has 0 saturated carbocycles. The fourth-order valence-electron chi connectivity index (χ4n) is 1.07. The van der Waals surface area contributed by atoms with Crippen LogP contribution in [0.5, 0.6) is 0 Å². The molecule has 0 aliphatic heterocycles. The van der Waals surface area contributed by atoms with Crippen LogP contribution in [0.15, 0.2) is 36.6 Å². The molecule has 0 heterocycles. The number of rotatable bonds is 5. The van der Waals surface area contributed by atoms with Gasteiger partial charge in [0.1, 0.15) is 11.6 Å². The van der Waals surface area contributed by atoms with E-state index < -0.39 is 15.5 Å². The molecule has 1 atom stereocenters. The lowest BCUT2D eigenvalue weighted by molar-refractivity contribution is 0.359. The second kappa shape index (κ2) is 5.84. The van der Waals surface area contributed by atoms with E-state index >= 15 is 0 Å². The summed E-state index contributed by atoms with van der Waals surface area (Å²) in [5.74, 6) is 0. The molecule has 1 aromatic carbocycles. The summed E-state index contributed by atoms with van der Waals surface area (Å²) in [5, 5.41) is -0.928. The van der Waals surface area contributed by atoms with Crippen LogP contribution in [0.25, 0.3) is 6.08 Å². The van der Waals surface area contributed by atoms with Crippen molar-refractivity contribution < 1.29 is 12.6 Å². The summed E-state index contributed by atoms with van der Waals surface area (Å²) < 4.78 is 27.9. The van der Waals surface area contributed by atoms with E-state index in [0.29, 0.717) is 0 Å². The van der Waals surface area contributed by atoms with Crippen LogP contribution in [0.2, 0.25) is 0 Å². The largest absolute Gasteiger partial charge is 0.389 e. The zero-order chi connectivity index (χ0) is 12.9. The maximum atomic E-state index is 11.6. The van der Waals surface area contributed by atoms with Gasteiger partial charge in [-0.2, -0.15) is 8.42 Å². The van der Waals surface area contributed by atoms with Gasteiger partial charge < -0.3 is 4.18 Å². The highest BCUT2D eigenvalue weighted by Gasteiger charge is 2.23. The SMILES string of the molecule is [CH2]C(N(C)C)S(=O)(=O)OC=Cc1ccccc1. The molecule has 17 heavy (non-hydrogen) atoms. The van der Waals surface area contributed by atoms with Gasteiger partial charge in [-0.15, -0.1) is 0 Å². The Bertz CT molecular complexity index is 466. The standard InChI is InChI=1S/C12H16NO3S/c1-11(13(2)3)17(14,15)16-10-9-12-7-5-4-6-8-12/h4-11H,1H2,2-3H3. The van der Waals surface area contributed by atoms with Crippen molar-refractivity contribution in [1.29, 1.82) is 0 Å². The fourth-order valence-corrected chi connectivity index (χ4v) is 1.93. The Morgan fingerprint density at radius 3 is 2.41 bits per heavy atom. The van der Waals surface area contributed by atoms with Gasteiger partial charge in [0.15, 0.2) is 0 Å². The van der Waals surface area contributed by atoms with Crippen LogP contribution in [0.1, 0.15) is 5.56 Å². The molecule has 0 aromatic heterocycles. The van der Waals surface area contributed by atoms with Crippen LogP contribution in [-0.2, 0) is 14.3 Å². The number of benzene rings is 1. The van der Waals surface area contributed by atoms with E-state index in [1.54, 1.807) is 20.2 Å². The van der Waals surface area contributed by atoms with Gasteiger partial charge in [0, 0.05) is 0 Å². The van der Waals surface area contributed by atoms with Gasteiger partial charge >= 0.3 is 10.1 Å². The molecule has 93 valence electrons. The molecule has 1 radical (unpaired) electrons. The van der Waals surface area contributed by atoms with Crippen LogP contribution in [0, 0.1) is 6.92 Å². The van der Waals surface area contributed by atoms with Crippen molar-refractivity contribution in [2.75, 3.05) is 14.1 Å². The highest BCUT2D eigenvalue weighted by Crippen LogP contribution is 2.08. The molecule has 4 nitrogen and oxygen atoms in total. The first kappa shape index (κ1) is 13.7. The molecule has 0 aliphatic rings. The second-order valence-corrected chi connectivity index (χ2v) is 5.44. The van der Waals surface area contributed by atoms with Crippen molar-refractivity contribution in [3.63, 3.8) is 0 Å². The summed E-state index contributed by atoms with van der Waals surface area (Å²) >= 11 is 0. The van der Waals surface area contributed by atoms with Crippen molar-refractivity contribution in [2.24, 2.45) is 0 Å². The molecule has 0 spiro atoms. The average molecular weight is 254 g/mol. The Labute approximate surface area is 103 Å². The summed E-state index contributed by atoms with van der Waals surface area (Å²) in [5.41, 5.74) is 0.869. The van der Waals surface area contributed by atoms with Crippen molar-refractivity contribution in [3.05, 3.63) is 49.1 Å². The number of hydrogen-bond acceptors (Lipinski definition) is 4. The third-order valence-corrected chi connectivity index (χ3v) is 3.63. The fraction of sp³-hybridized carbons (Fsp3) is 0.250. The van der Waals surface area contributed by atoms with Crippen molar-refractivity contribution in [2.45, 2.75) is 5.37 Å². The van der Waals surface area contributed by atoms with Crippen LogP contribution >= 0.6 is 0 Å². The van der Waals surface area contributed by atoms with Crippen molar-refractivity contribution in [3.8, 4) is 0 Å². The van der Waals surface area contributed by atoms with E-state index in [9.17, 15) is 8.42 Å². The first-order chi connectivity index (χ1) is 7.93. The molecule has 5 heteroatoms. The smallest absolute Gasteiger partial charge is 0.325 e. The summed E-state index contributed by atoms with van der Waals surface area (Å²) in [6, 6.07) is 9.30. The van der Waals surface area contributed by atoms with Crippen LogP contribution in [0.3, 0.4) is 0 Å². The summed E-state index contributed by atoms with van der Waals surface area (Å²) in [6.45, 7) is 3.51. The summed E-state index contributed by atoms with van der Waals surface area (Å²) in [6.07, 6.45) is 2.74. The quantitative estimate of drug-likeness (QED) is 0.593. The van der Waals surface area contributed by atoms with Crippen LogP contribution in [-0.4, -0.2) is 32.8 Å². The van der Waals surface area contributed by atoms with E-state index in [1.165, 1.54) is 4.90 Å². The van der Waals surface area contributed by atoms with Gasteiger partial charge in [-0.05, 0) is 32.7 Å². The van der Waals surface area contributed by atoms with E-state index in [-0.39, 0.29) is 0 Å². The third-order valence-electron chi connectivity index (χ3n) is 2.16. The summed E-state index contributed by atoms with van der Waals surface area (Å²) in [4.78, 5) is 1.46. The molecular weight excluding hydrogens is 238 g/mol. The van der Waals surface area contributed by atoms with Gasteiger partial charge in [0.05, 0.1) is 0 Å². The lowest BCUT2D eigenvalue weighted by Crippen LogP contribution is -2.33. The van der Waals surface area contributed by atoms with E-state index in [0.717, 1.165) is 11.8 Å². The van der Waals surface area contributed by atoms with Gasteiger partial charge in [-0.25, -0.2) is 0 Å². The topological polar surface area (TPSA) is 46.6 Å². The van der Waals surface area contributed by atoms with Crippen LogP contribution in [0.4, 0.5) is 0 Å². The summed E-state index contributed by atoms with van der Waals surface area (Å²) in [7, 11) is -0.453. The monoisotopic (exact) mass is 254 g/mol. The minimum absolute atomic E-state index is 0.869. The van der Waals surface area contributed by atoms with E-state index in [4.69, 9.17) is 4.18 Å². The predicted molar refractivity (Wildman–Crippen MR) is 68.3 cm³/mol. The van der Waals surface area contributed by atoms with E-state index in [1.807, 2.05) is 30.3 Å². The molecule has 1 rings (SSSR count). The molecule has 0 amide bonds. The Morgan fingerprint density at radius 2 is 1.88 bits per heavy atom. The van der Waals surface area contributed by atoms with Gasteiger partial charge in [-0.1, -0.05) is 30.3 Å². The Kier molecular flexibility index (Phi) is 4.72. The average Bonchev–Trinajstić information content (AvgIpc) is 2.29.